The SMILES string of the molecule is N#Cc1ccccc1N1CCC(C=O)C1. The topological polar surface area (TPSA) is 44.1 Å². The van der Waals surface area contributed by atoms with Crippen molar-refractivity contribution < 1.29 is 4.79 Å². The summed E-state index contributed by atoms with van der Waals surface area (Å²) < 4.78 is 0. The molecule has 1 aliphatic heterocycles. The standard InChI is InChI=1S/C12H12N2O/c13-7-11-3-1-2-4-12(11)14-6-5-10(8-14)9-15/h1-4,9-10H,5-6,8H2. The van der Waals surface area contributed by atoms with Crippen LogP contribution >= 0.6 is 0 Å². The number of hydrogen-bond acceptors (Lipinski definition) is 3. The molecule has 3 nitrogen and oxygen atoms in total. The van der Waals surface area contributed by atoms with Gasteiger partial charge < -0.3 is 9.69 Å². The average molecular weight is 200 g/mol. The molecular formula is C12H12N2O. The number of rotatable bonds is 2. The van der Waals surface area contributed by atoms with Crippen molar-refractivity contribution in [2.24, 2.45) is 5.92 Å². The molecule has 0 radical (unpaired) electrons. The van der Waals surface area contributed by atoms with Crippen LogP contribution in [0.15, 0.2) is 24.3 Å². The minimum Gasteiger partial charge on any atom is -0.370 e. The molecule has 2 rings (SSSR count). The Hall–Kier alpha value is -1.82. The van der Waals surface area contributed by atoms with E-state index in [2.05, 4.69) is 11.0 Å². The van der Waals surface area contributed by atoms with E-state index in [1.807, 2.05) is 24.3 Å². The number of carbonyl (C=O) groups is 1. The van der Waals surface area contributed by atoms with Gasteiger partial charge in [0.25, 0.3) is 0 Å². The summed E-state index contributed by atoms with van der Waals surface area (Å²) in [4.78, 5) is 12.8. The highest BCUT2D eigenvalue weighted by atomic mass is 16.1. The lowest BCUT2D eigenvalue weighted by atomic mass is 10.1. The molecule has 1 aromatic carbocycles. The van der Waals surface area contributed by atoms with Gasteiger partial charge in [-0.1, -0.05) is 12.1 Å². The Bertz CT molecular complexity index is 408. The van der Waals surface area contributed by atoms with Gasteiger partial charge in [0.15, 0.2) is 0 Å². The van der Waals surface area contributed by atoms with Crippen molar-refractivity contribution in [3.8, 4) is 6.07 Å². The second kappa shape index (κ2) is 4.14. The zero-order chi connectivity index (χ0) is 10.7. The first-order valence-corrected chi connectivity index (χ1v) is 5.04. The van der Waals surface area contributed by atoms with Gasteiger partial charge in [-0.3, -0.25) is 0 Å². The van der Waals surface area contributed by atoms with E-state index in [4.69, 9.17) is 5.26 Å². The normalized spacial score (nSPS) is 19.9. The maximum atomic E-state index is 10.6. The van der Waals surface area contributed by atoms with Gasteiger partial charge in [0, 0.05) is 19.0 Å². The van der Waals surface area contributed by atoms with Gasteiger partial charge in [0.2, 0.25) is 0 Å². The monoisotopic (exact) mass is 200 g/mol. The van der Waals surface area contributed by atoms with E-state index < -0.39 is 0 Å². The molecule has 1 aromatic rings. The second-order valence-corrected chi connectivity index (χ2v) is 3.76. The summed E-state index contributed by atoms with van der Waals surface area (Å²) in [5.41, 5.74) is 1.63. The lowest BCUT2D eigenvalue weighted by Crippen LogP contribution is -2.20. The fourth-order valence-electron chi connectivity index (χ4n) is 1.96. The first kappa shape index (κ1) is 9.72. The fraction of sp³-hybridized carbons (Fsp3) is 0.333. The van der Waals surface area contributed by atoms with Crippen molar-refractivity contribution in [2.45, 2.75) is 6.42 Å². The summed E-state index contributed by atoms with van der Waals surface area (Å²) in [5.74, 6) is 0.122. The van der Waals surface area contributed by atoms with Gasteiger partial charge >= 0.3 is 0 Å². The highest BCUT2D eigenvalue weighted by Crippen LogP contribution is 2.25. The van der Waals surface area contributed by atoms with Crippen LogP contribution in [0.2, 0.25) is 0 Å². The molecule has 0 spiro atoms. The zero-order valence-electron chi connectivity index (χ0n) is 8.39. The van der Waals surface area contributed by atoms with Crippen LogP contribution in [-0.2, 0) is 4.79 Å². The zero-order valence-corrected chi connectivity index (χ0v) is 8.39. The molecule has 1 atom stereocenters. The highest BCUT2D eigenvalue weighted by Gasteiger charge is 2.23. The fourth-order valence-corrected chi connectivity index (χ4v) is 1.96. The number of nitriles is 1. The average Bonchev–Trinajstić information content (AvgIpc) is 2.77. The number of nitrogens with zero attached hydrogens (tertiary/aromatic N) is 2. The summed E-state index contributed by atoms with van der Waals surface area (Å²) in [6, 6.07) is 9.70. The molecular weight excluding hydrogens is 188 g/mol. The number of aldehydes is 1. The molecule has 1 aliphatic rings. The van der Waals surface area contributed by atoms with Gasteiger partial charge in [-0.15, -0.1) is 0 Å². The van der Waals surface area contributed by atoms with Crippen LogP contribution in [0.5, 0.6) is 0 Å². The Morgan fingerprint density at radius 1 is 1.47 bits per heavy atom. The van der Waals surface area contributed by atoms with Crippen molar-refractivity contribution in [1.29, 1.82) is 5.26 Å². The van der Waals surface area contributed by atoms with Gasteiger partial charge in [-0.05, 0) is 18.6 Å². The minimum absolute atomic E-state index is 0.122. The largest absolute Gasteiger partial charge is 0.370 e. The molecule has 15 heavy (non-hydrogen) atoms. The molecule has 0 bridgehead atoms. The molecule has 1 heterocycles. The van der Waals surface area contributed by atoms with Crippen molar-refractivity contribution in [3.05, 3.63) is 29.8 Å². The van der Waals surface area contributed by atoms with Crippen LogP contribution in [0.4, 0.5) is 5.69 Å². The van der Waals surface area contributed by atoms with E-state index in [1.165, 1.54) is 0 Å². The van der Waals surface area contributed by atoms with Gasteiger partial charge in [-0.25, -0.2) is 0 Å². The van der Waals surface area contributed by atoms with Crippen LogP contribution in [0, 0.1) is 17.2 Å². The third-order valence-corrected chi connectivity index (χ3v) is 2.78. The van der Waals surface area contributed by atoms with Crippen molar-refractivity contribution in [1.82, 2.24) is 0 Å². The van der Waals surface area contributed by atoms with Crippen molar-refractivity contribution >= 4 is 12.0 Å². The lowest BCUT2D eigenvalue weighted by molar-refractivity contribution is -0.110. The molecule has 1 fully saturated rings. The maximum absolute atomic E-state index is 10.6. The summed E-state index contributed by atoms with van der Waals surface area (Å²) in [6.07, 6.45) is 1.90. The number of para-hydroxylation sites is 1. The molecule has 0 aromatic heterocycles. The van der Waals surface area contributed by atoms with Crippen molar-refractivity contribution in [3.63, 3.8) is 0 Å². The van der Waals surface area contributed by atoms with E-state index in [9.17, 15) is 4.79 Å². The molecule has 0 N–H and O–H groups in total. The summed E-state index contributed by atoms with van der Waals surface area (Å²) >= 11 is 0. The van der Waals surface area contributed by atoms with E-state index >= 15 is 0 Å². The van der Waals surface area contributed by atoms with Crippen LogP contribution in [0.3, 0.4) is 0 Å². The Balaban J connectivity index is 2.24. The van der Waals surface area contributed by atoms with Gasteiger partial charge in [-0.2, -0.15) is 5.26 Å². The Kier molecular flexibility index (Phi) is 2.68. The van der Waals surface area contributed by atoms with Crippen LogP contribution in [0.1, 0.15) is 12.0 Å². The Morgan fingerprint density at radius 3 is 2.93 bits per heavy atom. The molecule has 76 valence electrons. The summed E-state index contributed by atoms with van der Waals surface area (Å²) in [5, 5.41) is 8.96. The van der Waals surface area contributed by atoms with E-state index in [1.54, 1.807) is 0 Å². The lowest BCUT2D eigenvalue weighted by Gasteiger charge is -2.18. The number of hydrogen-bond donors (Lipinski definition) is 0. The molecule has 0 amide bonds. The third-order valence-electron chi connectivity index (χ3n) is 2.78. The molecule has 0 saturated carbocycles. The highest BCUT2D eigenvalue weighted by molar-refractivity contribution is 5.63. The molecule has 1 saturated heterocycles. The van der Waals surface area contributed by atoms with Crippen LogP contribution in [0.25, 0.3) is 0 Å². The molecule has 1 unspecified atom stereocenters. The first-order valence-electron chi connectivity index (χ1n) is 5.04. The summed E-state index contributed by atoms with van der Waals surface area (Å²) in [7, 11) is 0. The number of carbonyl (C=O) groups excluding carboxylic acids is 1. The third kappa shape index (κ3) is 1.84. The van der Waals surface area contributed by atoms with Crippen LogP contribution < -0.4 is 4.90 Å². The predicted octanol–water partition coefficient (Wildman–Crippen LogP) is 1.58. The Morgan fingerprint density at radius 2 is 2.27 bits per heavy atom. The van der Waals surface area contributed by atoms with Crippen molar-refractivity contribution in [2.75, 3.05) is 18.0 Å². The minimum atomic E-state index is 0.122. The van der Waals surface area contributed by atoms with E-state index in [0.29, 0.717) is 5.56 Å². The number of benzene rings is 1. The number of anilines is 1. The molecule has 0 aliphatic carbocycles. The van der Waals surface area contributed by atoms with E-state index in [-0.39, 0.29) is 5.92 Å². The maximum Gasteiger partial charge on any atom is 0.124 e. The second-order valence-electron chi connectivity index (χ2n) is 3.76. The first-order chi connectivity index (χ1) is 7.35. The van der Waals surface area contributed by atoms with Gasteiger partial charge in [0.1, 0.15) is 12.4 Å². The smallest absolute Gasteiger partial charge is 0.124 e. The van der Waals surface area contributed by atoms with Gasteiger partial charge in [0.05, 0.1) is 11.3 Å². The predicted molar refractivity (Wildman–Crippen MR) is 57.5 cm³/mol. The van der Waals surface area contributed by atoms with E-state index in [0.717, 1.165) is 31.5 Å². The summed E-state index contributed by atoms with van der Waals surface area (Å²) in [6.45, 7) is 1.60. The Labute approximate surface area is 88.9 Å². The van der Waals surface area contributed by atoms with Crippen LogP contribution in [-0.4, -0.2) is 19.4 Å². The molecule has 3 heteroatoms. The quantitative estimate of drug-likeness (QED) is 0.681.